The van der Waals surface area contributed by atoms with E-state index in [0.717, 1.165) is 9.87 Å². The molecule has 1 atom stereocenters. The Labute approximate surface area is 183 Å². The minimum absolute atomic E-state index is 0.00599. The number of amides is 2. The van der Waals surface area contributed by atoms with Crippen LogP contribution >= 0.6 is 0 Å². The fourth-order valence-corrected chi connectivity index (χ4v) is 3.93. The van der Waals surface area contributed by atoms with E-state index >= 15 is 0 Å². The van der Waals surface area contributed by atoms with Gasteiger partial charge in [-0.15, -0.1) is 0 Å². The molecule has 168 valence electrons. The maximum Gasteiger partial charge on any atom is 0.408 e. The van der Waals surface area contributed by atoms with Crippen LogP contribution in [0.4, 0.5) is 4.79 Å². The first-order valence-corrected chi connectivity index (χ1v) is 11.3. The second-order valence-corrected chi connectivity index (χ2v) is 9.66. The van der Waals surface area contributed by atoms with Gasteiger partial charge in [0.25, 0.3) is 0 Å². The average Bonchev–Trinajstić information content (AvgIpc) is 2.75. The quantitative estimate of drug-likeness (QED) is 0.615. The molecule has 0 radical (unpaired) electrons. The van der Waals surface area contributed by atoms with Crippen molar-refractivity contribution in [3.63, 3.8) is 0 Å². The van der Waals surface area contributed by atoms with Crippen molar-refractivity contribution in [2.45, 2.75) is 37.9 Å². The molecule has 9 heteroatoms. The molecule has 0 spiro atoms. The molecule has 8 nitrogen and oxygen atoms in total. The van der Waals surface area contributed by atoms with Gasteiger partial charge in [0.1, 0.15) is 12.6 Å². The summed E-state index contributed by atoms with van der Waals surface area (Å²) in [7, 11) is -0.755. The van der Waals surface area contributed by atoms with Gasteiger partial charge in [0.05, 0.1) is 4.90 Å². The molecule has 2 aromatic rings. The molecule has 0 bridgehead atoms. The number of rotatable bonds is 9. The fourth-order valence-electron chi connectivity index (χ4n) is 2.82. The predicted octanol–water partition coefficient (Wildman–Crippen LogP) is 2.50. The minimum Gasteiger partial charge on any atom is -0.445 e. The third-order valence-corrected chi connectivity index (χ3v) is 6.54. The molecule has 0 fully saturated rings. The molecule has 0 aliphatic heterocycles. The minimum atomic E-state index is -3.65. The molecule has 2 aromatic carbocycles. The number of alkyl carbamates (subject to hydrolysis) is 1. The first-order chi connectivity index (χ1) is 14.6. The lowest BCUT2D eigenvalue weighted by atomic mass is 10.0. The molecule has 2 amide bonds. The van der Waals surface area contributed by atoms with E-state index in [0.29, 0.717) is 5.56 Å². The van der Waals surface area contributed by atoms with Gasteiger partial charge in [-0.3, -0.25) is 4.79 Å². The van der Waals surface area contributed by atoms with Gasteiger partial charge < -0.3 is 15.4 Å². The molecule has 0 heterocycles. The van der Waals surface area contributed by atoms with Gasteiger partial charge in [-0.1, -0.05) is 62.4 Å². The summed E-state index contributed by atoms with van der Waals surface area (Å²) in [6, 6.07) is 14.9. The lowest BCUT2D eigenvalue weighted by Gasteiger charge is -2.22. The Kier molecular flexibility index (Phi) is 8.58. The fraction of sp³-hybridized carbons (Fsp3) is 0.364. The predicted molar refractivity (Wildman–Crippen MR) is 118 cm³/mol. The first kappa shape index (κ1) is 24.4. The normalized spacial score (nSPS) is 12.5. The Bertz CT molecular complexity index is 991. The molecule has 0 aliphatic rings. The zero-order valence-electron chi connectivity index (χ0n) is 18.2. The number of nitrogens with zero attached hydrogens (tertiary/aromatic N) is 1. The number of sulfonamides is 1. The van der Waals surface area contributed by atoms with E-state index < -0.39 is 28.1 Å². The van der Waals surface area contributed by atoms with Gasteiger partial charge >= 0.3 is 6.09 Å². The average molecular weight is 448 g/mol. The Morgan fingerprint density at radius 1 is 1.00 bits per heavy atom. The molecule has 0 saturated carbocycles. The highest BCUT2D eigenvalue weighted by molar-refractivity contribution is 7.89. The highest BCUT2D eigenvalue weighted by Gasteiger charge is 2.26. The van der Waals surface area contributed by atoms with Gasteiger partial charge in [0, 0.05) is 20.6 Å². The van der Waals surface area contributed by atoms with Crippen LogP contribution in [0.1, 0.15) is 25.0 Å². The van der Waals surface area contributed by atoms with Crippen LogP contribution in [0.3, 0.4) is 0 Å². The second kappa shape index (κ2) is 10.9. The van der Waals surface area contributed by atoms with E-state index in [9.17, 15) is 18.0 Å². The van der Waals surface area contributed by atoms with Crippen LogP contribution in [0.5, 0.6) is 0 Å². The zero-order chi connectivity index (χ0) is 23.0. The van der Waals surface area contributed by atoms with Crippen LogP contribution in [0.2, 0.25) is 0 Å². The molecule has 0 aromatic heterocycles. The van der Waals surface area contributed by atoms with E-state index in [4.69, 9.17) is 4.74 Å². The van der Waals surface area contributed by atoms with Gasteiger partial charge in [-0.2, -0.15) is 0 Å². The van der Waals surface area contributed by atoms with Crippen LogP contribution in [0, 0.1) is 5.92 Å². The van der Waals surface area contributed by atoms with E-state index in [2.05, 4.69) is 10.6 Å². The molecule has 2 N–H and O–H groups in total. The maximum atomic E-state index is 12.7. The van der Waals surface area contributed by atoms with Crippen molar-refractivity contribution in [3.05, 3.63) is 65.7 Å². The van der Waals surface area contributed by atoms with Crippen molar-refractivity contribution < 1.29 is 22.7 Å². The summed E-state index contributed by atoms with van der Waals surface area (Å²) >= 11 is 0. The second-order valence-electron chi connectivity index (χ2n) is 7.54. The van der Waals surface area contributed by atoms with Gasteiger partial charge in [-0.05, 0) is 23.1 Å². The molecule has 0 saturated heterocycles. The van der Waals surface area contributed by atoms with Crippen LogP contribution in [0.15, 0.2) is 59.5 Å². The summed E-state index contributed by atoms with van der Waals surface area (Å²) in [5, 5.41) is 5.30. The topological polar surface area (TPSA) is 105 Å². The van der Waals surface area contributed by atoms with Crippen LogP contribution in [0.25, 0.3) is 0 Å². The Hall–Kier alpha value is -2.91. The zero-order valence-corrected chi connectivity index (χ0v) is 19.0. The lowest BCUT2D eigenvalue weighted by molar-refractivity contribution is -0.124. The van der Waals surface area contributed by atoms with Crippen LogP contribution in [-0.2, 0) is 32.7 Å². The highest BCUT2D eigenvalue weighted by atomic mass is 32.2. The maximum absolute atomic E-state index is 12.7. The smallest absolute Gasteiger partial charge is 0.408 e. The van der Waals surface area contributed by atoms with Crippen LogP contribution < -0.4 is 10.6 Å². The van der Waals surface area contributed by atoms with E-state index in [-0.39, 0.29) is 24.0 Å². The molecular weight excluding hydrogens is 418 g/mol. The van der Waals surface area contributed by atoms with Gasteiger partial charge in [-0.25, -0.2) is 17.5 Å². The number of hydrogen-bond acceptors (Lipinski definition) is 5. The molecule has 2 rings (SSSR count). The van der Waals surface area contributed by atoms with Crippen molar-refractivity contribution >= 4 is 22.0 Å². The summed E-state index contributed by atoms with van der Waals surface area (Å²) in [5.41, 5.74) is 1.29. The Balaban J connectivity index is 2.01. The molecule has 0 unspecified atom stereocenters. The molecular formula is C22H29N3O5S. The number of ether oxygens (including phenoxy) is 1. The Morgan fingerprint density at radius 2 is 1.61 bits per heavy atom. The molecule has 31 heavy (non-hydrogen) atoms. The highest BCUT2D eigenvalue weighted by Crippen LogP contribution is 2.18. The van der Waals surface area contributed by atoms with Crippen molar-refractivity contribution in [2.24, 2.45) is 5.92 Å². The number of carbonyl (C=O) groups is 2. The molecule has 0 aliphatic carbocycles. The third-order valence-electron chi connectivity index (χ3n) is 4.62. The monoisotopic (exact) mass is 447 g/mol. The number of hydrogen-bond donors (Lipinski definition) is 2. The van der Waals surface area contributed by atoms with E-state index in [1.54, 1.807) is 32.0 Å². The van der Waals surface area contributed by atoms with Gasteiger partial charge in [0.15, 0.2) is 0 Å². The third kappa shape index (κ3) is 6.80. The summed E-state index contributed by atoms with van der Waals surface area (Å²) in [6.45, 7) is 3.69. The van der Waals surface area contributed by atoms with Crippen LogP contribution in [-0.4, -0.2) is 44.9 Å². The Morgan fingerprint density at radius 3 is 2.23 bits per heavy atom. The van der Waals surface area contributed by atoms with Crippen molar-refractivity contribution in [2.75, 3.05) is 14.1 Å². The standard InChI is InChI=1S/C22H29N3O5S/c1-16(2)20(24-22(27)30-15-17-10-6-5-7-11-17)21(26)23-14-18-12-8-9-13-19(18)31(28,29)25(3)4/h5-13,16,20H,14-15H2,1-4H3,(H,23,26)(H,24,27)/t20-/m0/s1. The van der Waals surface area contributed by atoms with Crippen molar-refractivity contribution in [1.29, 1.82) is 0 Å². The van der Waals surface area contributed by atoms with Crippen molar-refractivity contribution in [1.82, 2.24) is 14.9 Å². The van der Waals surface area contributed by atoms with Gasteiger partial charge in [0.2, 0.25) is 15.9 Å². The van der Waals surface area contributed by atoms with E-state index in [1.165, 1.54) is 20.2 Å². The summed E-state index contributed by atoms with van der Waals surface area (Å²) in [4.78, 5) is 25.0. The number of nitrogens with one attached hydrogen (secondary N) is 2. The summed E-state index contributed by atoms with van der Waals surface area (Å²) < 4.78 is 31.3. The van der Waals surface area contributed by atoms with E-state index in [1.807, 2.05) is 30.3 Å². The number of benzene rings is 2. The lowest BCUT2D eigenvalue weighted by Crippen LogP contribution is -2.49. The summed E-state index contributed by atoms with van der Waals surface area (Å²) in [6.07, 6.45) is -0.701. The SMILES string of the molecule is CC(C)[C@H](NC(=O)OCc1ccccc1)C(=O)NCc1ccccc1S(=O)(=O)N(C)C. The largest absolute Gasteiger partial charge is 0.445 e. The number of carbonyl (C=O) groups excluding carboxylic acids is 2. The summed E-state index contributed by atoms with van der Waals surface area (Å²) in [5.74, 6) is -0.631. The van der Waals surface area contributed by atoms with Crippen molar-refractivity contribution in [3.8, 4) is 0 Å². The first-order valence-electron chi connectivity index (χ1n) is 9.88.